The Hall–Kier alpha value is -2.22. The second-order valence-corrected chi connectivity index (χ2v) is 5.46. The first-order chi connectivity index (χ1) is 10.5. The molecule has 0 radical (unpaired) electrons. The third-order valence-corrected chi connectivity index (χ3v) is 3.93. The topological polar surface area (TPSA) is 90.0 Å². The summed E-state index contributed by atoms with van der Waals surface area (Å²) in [5.74, 6) is -1.20. The van der Waals surface area contributed by atoms with Crippen molar-refractivity contribution in [1.82, 2.24) is 19.3 Å². The highest BCUT2D eigenvalue weighted by atomic mass is 35.5. The summed E-state index contributed by atoms with van der Waals surface area (Å²) in [5, 5.41) is 13.5. The molecule has 3 heterocycles. The number of fused-ring (bicyclic) bond motifs is 1. The Morgan fingerprint density at radius 3 is 3.00 bits per heavy atom. The van der Waals surface area contributed by atoms with Crippen LogP contribution in [0.1, 0.15) is 30.4 Å². The second kappa shape index (κ2) is 5.53. The smallest absolute Gasteiger partial charge is 0.347 e. The van der Waals surface area contributed by atoms with Crippen LogP contribution in [0.3, 0.4) is 0 Å². The van der Waals surface area contributed by atoms with Gasteiger partial charge >= 0.3 is 11.7 Å². The molecule has 0 saturated carbocycles. The van der Waals surface area contributed by atoms with Crippen LogP contribution in [0.15, 0.2) is 17.1 Å². The van der Waals surface area contributed by atoms with Crippen molar-refractivity contribution in [3.8, 4) is 0 Å². The maximum atomic E-state index is 13.0. The van der Waals surface area contributed by atoms with E-state index in [1.807, 2.05) is 0 Å². The van der Waals surface area contributed by atoms with Crippen LogP contribution in [0, 0.1) is 5.82 Å². The number of halogens is 2. The SMILES string of the molecule is O=C(O)[C@@H]1CCCc2nn(Cc3ncc(F)cc3Cl)c(=O)n21. The molecular weight excluding hydrogens is 315 g/mol. The third kappa shape index (κ3) is 2.50. The number of carboxylic acid groups (broad SMARTS) is 1. The normalized spacial score (nSPS) is 17.3. The molecule has 2 aromatic heterocycles. The molecule has 0 saturated heterocycles. The molecule has 1 atom stereocenters. The first-order valence-electron chi connectivity index (χ1n) is 6.68. The van der Waals surface area contributed by atoms with E-state index < -0.39 is 23.5 Å². The number of hydrogen-bond acceptors (Lipinski definition) is 4. The molecule has 3 rings (SSSR count). The van der Waals surface area contributed by atoms with E-state index in [2.05, 4.69) is 10.1 Å². The first-order valence-corrected chi connectivity index (χ1v) is 7.06. The predicted molar refractivity (Wildman–Crippen MR) is 74.4 cm³/mol. The van der Waals surface area contributed by atoms with E-state index in [0.29, 0.717) is 30.8 Å². The Bertz CT molecular complexity index is 801. The highest BCUT2D eigenvalue weighted by Crippen LogP contribution is 2.22. The molecule has 0 aliphatic carbocycles. The highest BCUT2D eigenvalue weighted by Gasteiger charge is 2.30. The molecule has 0 bridgehead atoms. The lowest BCUT2D eigenvalue weighted by atomic mass is 10.1. The number of pyridine rings is 1. The Labute approximate surface area is 129 Å². The lowest BCUT2D eigenvalue weighted by Gasteiger charge is -2.19. The van der Waals surface area contributed by atoms with Gasteiger partial charge in [0, 0.05) is 6.42 Å². The molecule has 0 aromatic carbocycles. The fourth-order valence-corrected chi connectivity index (χ4v) is 2.78. The maximum Gasteiger partial charge on any atom is 0.347 e. The lowest BCUT2D eigenvalue weighted by molar-refractivity contribution is -0.141. The van der Waals surface area contributed by atoms with Crippen molar-refractivity contribution in [2.45, 2.75) is 31.8 Å². The summed E-state index contributed by atoms with van der Waals surface area (Å²) in [7, 11) is 0. The van der Waals surface area contributed by atoms with E-state index in [0.717, 1.165) is 16.9 Å². The molecule has 1 aliphatic rings. The number of hydrogen-bond donors (Lipinski definition) is 1. The first kappa shape index (κ1) is 14.7. The molecule has 7 nitrogen and oxygen atoms in total. The Kier molecular flexibility index (Phi) is 3.69. The fourth-order valence-electron chi connectivity index (χ4n) is 2.57. The van der Waals surface area contributed by atoms with Crippen LogP contribution in [0.2, 0.25) is 5.02 Å². The van der Waals surface area contributed by atoms with Crippen LogP contribution in [0.4, 0.5) is 4.39 Å². The maximum absolute atomic E-state index is 13.0. The molecular formula is C13H12ClFN4O3. The Balaban J connectivity index is 2.00. The minimum Gasteiger partial charge on any atom is -0.480 e. The summed E-state index contributed by atoms with van der Waals surface area (Å²) < 4.78 is 15.3. The van der Waals surface area contributed by atoms with Gasteiger partial charge in [-0.2, -0.15) is 5.10 Å². The van der Waals surface area contributed by atoms with E-state index in [4.69, 9.17) is 11.6 Å². The van der Waals surface area contributed by atoms with Gasteiger partial charge in [-0.3, -0.25) is 9.55 Å². The quantitative estimate of drug-likeness (QED) is 0.916. The number of aryl methyl sites for hydroxylation is 1. The zero-order chi connectivity index (χ0) is 15.9. The third-order valence-electron chi connectivity index (χ3n) is 3.60. The zero-order valence-electron chi connectivity index (χ0n) is 11.4. The van der Waals surface area contributed by atoms with Crippen LogP contribution in [0.5, 0.6) is 0 Å². The minimum atomic E-state index is -1.06. The molecule has 22 heavy (non-hydrogen) atoms. The van der Waals surface area contributed by atoms with Crippen molar-refractivity contribution < 1.29 is 14.3 Å². The van der Waals surface area contributed by atoms with E-state index >= 15 is 0 Å². The van der Waals surface area contributed by atoms with Crippen LogP contribution in [-0.2, 0) is 17.8 Å². The van der Waals surface area contributed by atoms with Crippen LogP contribution >= 0.6 is 11.6 Å². The highest BCUT2D eigenvalue weighted by molar-refractivity contribution is 6.31. The molecule has 1 N–H and O–H groups in total. The summed E-state index contributed by atoms with van der Waals surface area (Å²) in [4.78, 5) is 27.5. The molecule has 2 aromatic rings. The fraction of sp³-hybridized carbons (Fsp3) is 0.385. The van der Waals surface area contributed by atoms with Gasteiger partial charge in [-0.05, 0) is 18.9 Å². The minimum absolute atomic E-state index is 0.0374. The number of nitrogens with zero attached hydrogens (tertiary/aromatic N) is 4. The zero-order valence-corrected chi connectivity index (χ0v) is 12.1. The van der Waals surface area contributed by atoms with Crippen molar-refractivity contribution in [2.24, 2.45) is 0 Å². The van der Waals surface area contributed by atoms with Gasteiger partial charge in [0.15, 0.2) is 0 Å². The largest absolute Gasteiger partial charge is 0.480 e. The molecule has 0 unspecified atom stereocenters. The molecule has 0 fully saturated rings. The summed E-state index contributed by atoms with van der Waals surface area (Å²) in [6, 6.07) is 0.201. The monoisotopic (exact) mass is 326 g/mol. The number of carbonyl (C=O) groups is 1. The van der Waals surface area contributed by atoms with Gasteiger partial charge in [0.2, 0.25) is 0 Å². The van der Waals surface area contributed by atoms with Crippen LogP contribution in [0.25, 0.3) is 0 Å². The average Bonchev–Trinajstić information content (AvgIpc) is 2.78. The van der Waals surface area contributed by atoms with Crippen LogP contribution < -0.4 is 5.69 Å². The average molecular weight is 327 g/mol. The van der Waals surface area contributed by atoms with E-state index in [-0.39, 0.29) is 11.6 Å². The van der Waals surface area contributed by atoms with Crippen molar-refractivity contribution in [3.05, 3.63) is 45.1 Å². The predicted octanol–water partition coefficient (Wildman–Crippen LogP) is 1.24. The number of aromatic nitrogens is 4. The summed E-state index contributed by atoms with van der Waals surface area (Å²) in [6.45, 7) is -0.0374. The van der Waals surface area contributed by atoms with Crippen molar-refractivity contribution >= 4 is 17.6 Å². The van der Waals surface area contributed by atoms with E-state index in [9.17, 15) is 19.1 Å². The van der Waals surface area contributed by atoms with Crippen molar-refractivity contribution in [1.29, 1.82) is 0 Å². The second-order valence-electron chi connectivity index (χ2n) is 5.05. The Morgan fingerprint density at radius 1 is 1.55 bits per heavy atom. The van der Waals surface area contributed by atoms with E-state index in [1.165, 1.54) is 4.57 Å². The standard InChI is InChI=1S/C13H12ClFN4O3/c14-8-4-7(15)5-16-9(8)6-18-13(22)19-10(12(20)21)2-1-3-11(19)17-18/h4-5,10H,1-3,6H2,(H,20,21)/t10-/m0/s1. The van der Waals surface area contributed by atoms with Gasteiger partial charge in [-0.15, -0.1) is 0 Å². The summed E-state index contributed by atoms with van der Waals surface area (Å²) in [6.07, 6.45) is 2.59. The molecule has 9 heteroatoms. The number of aliphatic carboxylic acids is 1. The van der Waals surface area contributed by atoms with Gasteiger partial charge in [0.25, 0.3) is 0 Å². The summed E-state index contributed by atoms with van der Waals surface area (Å²) >= 11 is 5.89. The van der Waals surface area contributed by atoms with Gasteiger partial charge in [-0.1, -0.05) is 11.6 Å². The van der Waals surface area contributed by atoms with Crippen molar-refractivity contribution in [3.63, 3.8) is 0 Å². The number of rotatable bonds is 3. The van der Waals surface area contributed by atoms with Gasteiger partial charge < -0.3 is 5.11 Å². The van der Waals surface area contributed by atoms with Gasteiger partial charge in [0.05, 0.1) is 23.5 Å². The van der Waals surface area contributed by atoms with Gasteiger partial charge in [-0.25, -0.2) is 18.7 Å². The molecule has 0 amide bonds. The number of carboxylic acids is 1. The Morgan fingerprint density at radius 2 is 2.32 bits per heavy atom. The molecule has 1 aliphatic heterocycles. The summed E-state index contributed by atoms with van der Waals surface area (Å²) in [5.41, 5.74) is -0.225. The van der Waals surface area contributed by atoms with Crippen LogP contribution in [-0.4, -0.2) is 30.4 Å². The molecule has 116 valence electrons. The van der Waals surface area contributed by atoms with Gasteiger partial charge in [0.1, 0.15) is 17.7 Å². The van der Waals surface area contributed by atoms with Crippen molar-refractivity contribution in [2.75, 3.05) is 0 Å². The lowest BCUT2D eigenvalue weighted by Crippen LogP contribution is -2.34. The van der Waals surface area contributed by atoms with E-state index in [1.54, 1.807) is 0 Å². The molecule has 0 spiro atoms.